The summed E-state index contributed by atoms with van der Waals surface area (Å²) in [4.78, 5) is 18.4. The van der Waals surface area contributed by atoms with Crippen LogP contribution in [0, 0.1) is 0 Å². The van der Waals surface area contributed by atoms with E-state index in [-0.39, 0.29) is 5.91 Å². The Balaban J connectivity index is 1.55. The van der Waals surface area contributed by atoms with Gasteiger partial charge in [-0.25, -0.2) is 4.98 Å². The van der Waals surface area contributed by atoms with Gasteiger partial charge < -0.3 is 15.0 Å². The molecule has 1 aromatic carbocycles. The number of amides is 1. The quantitative estimate of drug-likeness (QED) is 0.704. The van der Waals surface area contributed by atoms with Crippen molar-refractivity contribution in [3.05, 3.63) is 58.7 Å². The van der Waals surface area contributed by atoms with E-state index in [4.69, 9.17) is 16.3 Å². The highest BCUT2D eigenvalue weighted by Gasteiger charge is 2.16. The molecule has 1 fully saturated rings. The van der Waals surface area contributed by atoms with Crippen LogP contribution in [0.1, 0.15) is 15.9 Å². The smallest absolute Gasteiger partial charge is 0.254 e. The minimum atomic E-state index is -0.0765. The summed E-state index contributed by atoms with van der Waals surface area (Å²) in [7, 11) is 0. The Morgan fingerprint density at radius 3 is 2.85 bits per heavy atom. The van der Waals surface area contributed by atoms with Crippen LogP contribution >= 0.6 is 23.4 Å². The highest BCUT2D eigenvalue weighted by molar-refractivity contribution is 7.98. The number of halogens is 1. The molecule has 2 N–H and O–H groups in total. The van der Waals surface area contributed by atoms with Crippen molar-refractivity contribution in [1.82, 2.24) is 10.3 Å². The average molecular weight is 393 g/mol. The Kier molecular flexibility index (Phi) is 7.32. The third-order valence-electron chi connectivity index (χ3n) is 4.30. The molecule has 0 unspecified atom stereocenters. The number of benzene rings is 1. The summed E-state index contributed by atoms with van der Waals surface area (Å²) < 4.78 is 5.36. The first kappa shape index (κ1) is 19.2. The van der Waals surface area contributed by atoms with Gasteiger partial charge in [0.05, 0.1) is 31.9 Å². The van der Waals surface area contributed by atoms with Crippen LogP contribution in [0.3, 0.4) is 0 Å². The van der Waals surface area contributed by atoms with Gasteiger partial charge in [0, 0.05) is 17.0 Å². The molecule has 5 nitrogen and oxygen atoms in total. The second-order valence-electron chi connectivity index (χ2n) is 6.10. The molecule has 3 rings (SSSR count). The van der Waals surface area contributed by atoms with E-state index in [1.54, 1.807) is 12.3 Å². The van der Waals surface area contributed by atoms with Crippen LogP contribution in [0.2, 0.25) is 5.02 Å². The highest BCUT2D eigenvalue weighted by atomic mass is 35.5. The zero-order valence-electron chi connectivity index (χ0n) is 14.5. The Morgan fingerprint density at radius 2 is 2.04 bits per heavy atom. The molecule has 0 atom stereocenters. The van der Waals surface area contributed by atoms with Gasteiger partial charge in [0.15, 0.2) is 0 Å². The van der Waals surface area contributed by atoms with Gasteiger partial charge in [0.25, 0.3) is 5.91 Å². The van der Waals surface area contributed by atoms with Gasteiger partial charge in [-0.2, -0.15) is 0 Å². The normalized spacial score (nSPS) is 15.0. The first-order valence-electron chi connectivity index (χ1n) is 8.75. The van der Waals surface area contributed by atoms with Crippen molar-refractivity contribution in [2.75, 3.05) is 39.4 Å². The summed E-state index contributed by atoms with van der Waals surface area (Å²) in [5.41, 5.74) is 1.65. The summed E-state index contributed by atoms with van der Waals surface area (Å²) >= 11 is 7.74. The number of hydrogen-bond donors (Lipinski definition) is 2. The van der Waals surface area contributed by atoms with Gasteiger partial charge >= 0.3 is 0 Å². The number of morpholine rings is 1. The van der Waals surface area contributed by atoms with E-state index in [9.17, 15) is 4.79 Å². The lowest BCUT2D eigenvalue weighted by atomic mass is 10.2. The van der Waals surface area contributed by atoms with E-state index in [2.05, 4.69) is 10.3 Å². The van der Waals surface area contributed by atoms with Crippen LogP contribution in [0.25, 0.3) is 0 Å². The van der Waals surface area contributed by atoms with Gasteiger partial charge in [0.2, 0.25) is 0 Å². The third-order valence-corrected chi connectivity index (χ3v) is 5.72. The van der Waals surface area contributed by atoms with Gasteiger partial charge in [-0.15, -0.1) is 11.8 Å². The Morgan fingerprint density at radius 1 is 1.23 bits per heavy atom. The average Bonchev–Trinajstić information content (AvgIpc) is 2.68. The number of ether oxygens (including phenoxy) is 1. The topological polar surface area (TPSA) is 55.7 Å². The van der Waals surface area contributed by atoms with Crippen LogP contribution in [-0.2, 0) is 10.5 Å². The fourth-order valence-electron chi connectivity index (χ4n) is 2.80. The monoisotopic (exact) mass is 392 g/mol. The molecule has 1 aromatic heterocycles. The van der Waals surface area contributed by atoms with E-state index >= 15 is 0 Å². The standard InChI is InChI=1S/C19H22ClN3O2S/c20-17-6-2-1-4-15(17)14-26-19-16(5-3-7-22-19)18(24)21-8-9-23-10-12-25-13-11-23/h1-7H,8-14H2,(H,21,24)/p+1. The van der Waals surface area contributed by atoms with Crippen molar-refractivity contribution in [3.63, 3.8) is 0 Å². The molecule has 0 spiro atoms. The Hall–Kier alpha value is -1.60. The number of aromatic nitrogens is 1. The lowest BCUT2D eigenvalue weighted by molar-refractivity contribution is -0.906. The van der Waals surface area contributed by atoms with Gasteiger partial charge in [-0.05, 0) is 23.8 Å². The fraction of sp³-hybridized carbons (Fsp3) is 0.368. The summed E-state index contributed by atoms with van der Waals surface area (Å²) in [5, 5.41) is 4.47. The van der Waals surface area contributed by atoms with Crippen molar-refractivity contribution in [3.8, 4) is 0 Å². The molecule has 2 aromatic rings. The second-order valence-corrected chi connectivity index (χ2v) is 7.48. The molecule has 1 aliphatic heterocycles. The molecule has 26 heavy (non-hydrogen) atoms. The molecular weight excluding hydrogens is 370 g/mol. The number of carbonyl (C=O) groups is 1. The lowest BCUT2D eigenvalue weighted by Gasteiger charge is -2.23. The molecule has 138 valence electrons. The van der Waals surface area contributed by atoms with Crippen molar-refractivity contribution in [2.24, 2.45) is 0 Å². The van der Waals surface area contributed by atoms with E-state index in [0.717, 1.165) is 48.5 Å². The van der Waals surface area contributed by atoms with Gasteiger partial charge in [0.1, 0.15) is 18.1 Å². The molecule has 1 aliphatic rings. The molecular formula is C19H23ClN3O2S+. The first-order chi connectivity index (χ1) is 12.7. The number of hydrogen-bond acceptors (Lipinski definition) is 4. The summed E-state index contributed by atoms with van der Waals surface area (Å²) in [6.45, 7) is 5.17. The Labute approximate surface area is 163 Å². The summed E-state index contributed by atoms with van der Waals surface area (Å²) in [5.74, 6) is 0.599. The molecule has 7 heteroatoms. The Bertz CT molecular complexity index is 738. The van der Waals surface area contributed by atoms with Crippen molar-refractivity contribution in [2.45, 2.75) is 10.8 Å². The van der Waals surface area contributed by atoms with Crippen LogP contribution in [-0.4, -0.2) is 50.3 Å². The SMILES string of the molecule is O=C(NCC[NH+]1CCOCC1)c1cccnc1SCc1ccccc1Cl. The first-order valence-corrected chi connectivity index (χ1v) is 10.1. The minimum absolute atomic E-state index is 0.0765. The van der Waals surface area contributed by atoms with Gasteiger partial charge in [-0.1, -0.05) is 29.8 Å². The molecule has 0 aliphatic carbocycles. The van der Waals surface area contributed by atoms with Gasteiger partial charge in [-0.3, -0.25) is 4.79 Å². The molecule has 0 saturated carbocycles. The van der Waals surface area contributed by atoms with E-state index in [1.807, 2.05) is 30.3 Å². The number of pyridine rings is 1. The number of rotatable bonds is 7. The zero-order chi connectivity index (χ0) is 18.2. The van der Waals surface area contributed by atoms with E-state index in [1.165, 1.54) is 16.7 Å². The number of thioether (sulfide) groups is 1. The lowest BCUT2D eigenvalue weighted by Crippen LogP contribution is -3.14. The molecule has 0 bridgehead atoms. The highest BCUT2D eigenvalue weighted by Crippen LogP contribution is 2.27. The number of nitrogens with zero attached hydrogens (tertiary/aromatic N) is 1. The van der Waals surface area contributed by atoms with Crippen molar-refractivity contribution in [1.29, 1.82) is 0 Å². The minimum Gasteiger partial charge on any atom is -0.370 e. The fourth-order valence-corrected chi connectivity index (χ4v) is 4.08. The third kappa shape index (κ3) is 5.45. The van der Waals surface area contributed by atoms with Crippen LogP contribution in [0.4, 0.5) is 0 Å². The van der Waals surface area contributed by atoms with Crippen LogP contribution in [0.15, 0.2) is 47.6 Å². The van der Waals surface area contributed by atoms with Crippen LogP contribution < -0.4 is 10.2 Å². The predicted molar refractivity (Wildman–Crippen MR) is 104 cm³/mol. The van der Waals surface area contributed by atoms with E-state index < -0.39 is 0 Å². The summed E-state index contributed by atoms with van der Waals surface area (Å²) in [6, 6.07) is 11.3. The maximum atomic E-state index is 12.6. The molecule has 1 saturated heterocycles. The maximum Gasteiger partial charge on any atom is 0.254 e. The second kappa shape index (κ2) is 9.92. The van der Waals surface area contributed by atoms with Crippen molar-refractivity contribution >= 4 is 29.3 Å². The van der Waals surface area contributed by atoms with Crippen molar-refractivity contribution < 1.29 is 14.4 Å². The van der Waals surface area contributed by atoms with Crippen LogP contribution in [0.5, 0.6) is 0 Å². The molecule has 0 radical (unpaired) electrons. The number of quaternary nitrogens is 1. The maximum absolute atomic E-state index is 12.6. The largest absolute Gasteiger partial charge is 0.370 e. The zero-order valence-corrected chi connectivity index (χ0v) is 16.1. The van der Waals surface area contributed by atoms with E-state index in [0.29, 0.717) is 17.9 Å². The number of carbonyl (C=O) groups excluding carboxylic acids is 1. The summed E-state index contributed by atoms with van der Waals surface area (Å²) in [6.07, 6.45) is 1.71. The number of nitrogens with one attached hydrogen (secondary N) is 2. The molecule has 1 amide bonds. The predicted octanol–water partition coefficient (Wildman–Crippen LogP) is 1.67. The molecule has 2 heterocycles.